The molecule has 2 aromatic carbocycles. The van der Waals surface area contributed by atoms with E-state index in [1.807, 2.05) is 30.0 Å². The first-order valence-electron chi connectivity index (χ1n) is 9.08. The molecule has 0 radical (unpaired) electrons. The van der Waals surface area contributed by atoms with Crippen molar-refractivity contribution in [3.05, 3.63) is 53.6 Å². The van der Waals surface area contributed by atoms with Crippen molar-refractivity contribution in [2.24, 2.45) is 0 Å². The van der Waals surface area contributed by atoms with Crippen LogP contribution < -0.4 is 21.1 Å². The maximum absolute atomic E-state index is 11.9. The quantitative estimate of drug-likeness (QED) is 0.637. The number of carbonyl (C=O) groups excluding carboxylic acids is 1. The molecule has 0 aliphatic carbocycles. The Morgan fingerprint density at radius 2 is 1.96 bits per heavy atom. The van der Waals surface area contributed by atoms with Crippen LogP contribution >= 0.6 is 0 Å². The zero-order valence-electron chi connectivity index (χ0n) is 14.8. The Labute approximate surface area is 153 Å². The average molecular weight is 352 g/mol. The minimum Gasteiger partial charge on any atom is -0.508 e. The van der Waals surface area contributed by atoms with Crippen molar-refractivity contribution in [2.75, 3.05) is 16.8 Å². The molecule has 0 aromatic heterocycles. The van der Waals surface area contributed by atoms with E-state index in [1.54, 1.807) is 12.1 Å². The SMILES string of the molecule is Cc1cc(O)ccc1NC1CC(c2ccc(N3CCCC3=O)cc2)NN1. The van der Waals surface area contributed by atoms with Gasteiger partial charge >= 0.3 is 0 Å². The van der Waals surface area contributed by atoms with Gasteiger partial charge in [-0.2, -0.15) is 0 Å². The molecule has 2 aliphatic rings. The summed E-state index contributed by atoms with van der Waals surface area (Å²) >= 11 is 0. The van der Waals surface area contributed by atoms with E-state index < -0.39 is 0 Å². The molecule has 0 spiro atoms. The van der Waals surface area contributed by atoms with Gasteiger partial charge in [-0.25, -0.2) is 10.9 Å². The first kappa shape index (κ1) is 16.9. The predicted octanol–water partition coefficient (Wildman–Crippen LogP) is 2.80. The third-order valence-electron chi connectivity index (χ3n) is 5.12. The van der Waals surface area contributed by atoms with E-state index in [1.165, 1.54) is 5.56 Å². The maximum Gasteiger partial charge on any atom is 0.227 e. The lowest BCUT2D eigenvalue weighted by Crippen LogP contribution is -2.36. The highest BCUT2D eigenvalue weighted by Crippen LogP contribution is 2.28. The lowest BCUT2D eigenvalue weighted by molar-refractivity contribution is -0.117. The maximum atomic E-state index is 11.9. The van der Waals surface area contributed by atoms with E-state index in [0.29, 0.717) is 6.42 Å². The van der Waals surface area contributed by atoms with Gasteiger partial charge in [0.1, 0.15) is 5.75 Å². The van der Waals surface area contributed by atoms with E-state index in [-0.39, 0.29) is 23.9 Å². The van der Waals surface area contributed by atoms with Crippen LogP contribution in [0.5, 0.6) is 5.75 Å². The summed E-state index contributed by atoms with van der Waals surface area (Å²) in [5.41, 5.74) is 10.8. The molecule has 2 saturated heterocycles. The van der Waals surface area contributed by atoms with Gasteiger partial charge < -0.3 is 15.3 Å². The van der Waals surface area contributed by atoms with Gasteiger partial charge in [-0.15, -0.1) is 0 Å². The molecule has 2 unspecified atom stereocenters. The highest BCUT2D eigenvalue weighted by atomic mass is 16.3. The summed E-state index contributed by atoms with van der Waals surface area (Å²) in [6.45, 7) is 2.79. The third-order valence-corrected chi connectivity index (χ3v) is 5.12. The zero-order valence-corrected chi connectivity index (χ0v) is 14.8. The van der Waals surface area contributed by atoms with E-state index in [0.717, 1.165) is 36.3 Å². The summed E-state index contributed by atoms with van der Waals surface area (Å²) in [4.78, 5) is 13.7. The molecular weight excluding hydrogens is 328 g/mol. The fraction of sp³-hybridized carbons (Fsp3) is 0.350. The summed E-state index contributed by atoms with van der Waals surface area (Å²) < 4.78 is 0. The summed E-state index contributed by atoms with van der Waals surface area (Å²) in [5, 5.41) is 13.0. The number of aryl methyl sites for hydroxylation is 1. The van der Waals surface area contributed by atoms with E-state index in [9.17, 15) is 9.90 Å². The number of phenolic OH excluding ortho intramolecular Hbond substituents is 1. The molecule has 2 fully saturated rings. The Bertz CT molecular complexity index is 806. The van der Waals surface area contributed by atoms with Crippen LogP contribution in [-0.2, 0) is 4.79 Å². The van der Waals surface area contributed by atoms with Gasteiger partial charge in [0, 0.05) is 36.8 Å². The summed E-state index contributed by atoms with van der Waals surface area (Å²) in [7, 11) is 0. The van der Waals surface area contributed by atoms with E-state index >= 15 is 0 Å². The van der Waals surface area contributed by atoms with Crippen molar-refractivity contribution in [3.63, 3.8) is 0 Å². The van der Waals surface area contributed by atoms with Crippen LogP contribution in [0.15, 0.2) is 42.5 Å². The second-order valence-corrected chi connectivity index (χ2v) is 7.01. The molecule has 2 atom stereocenters. The van der Waals surface area contributed by atoms with Gasteiger partial charge in [-0.3, -0.25) is 4.79 Å². The molecule has 2 aliphatic heterocycles. The Kier molecular flexibility index (Phi) is 4.53. The minimum absolute atomic E-state index is 0.100. The van der Waals surface area contributed by atoms with Crippen molar-refractivity contribution in [1.82, 2.24) is 10.9 Å². The molecule has 0 bridgehead atoms. The van der Waals surface area contributed by atoms with Gasteiger partial charge in [0.15, 0.2) is 0 Å². The molecule has 4 N–H and O–H groups in total. The average Bonchev–Trinajstić information content (AvgIpc) is 3.27. The van der Waals surface area contributed by atoms with Crippen molar-refractivity contribution < 1.29 is 9.90 Å². The fourth-order valence-electron chi connectivity index (χ4n) is 3.67. The number of hydrogen-bond donors (Lipinski definition) is 4. The number of nitrogens with one attached hydrogen (secondary N) is 3. The lowest BCUT2D eigenvalue weighted by atomic mass is 10.0. The number of anilines is 2. The predicted molar refractivity (Wildman–Crippen MR) is 102 cm³/mol. The lowest BCUT2D eigenvalue weighted by Gasteiger charge is -2.17. The van der Waals surface area contributed by atoms with Gasteiger partial charge in [-0.05, 0) is 54.8 Å². The van der Waals surface area contributed by atoms with Gasteiger partial charge in [-0.1, -0.05) is 12.1 Å². The molecule has 2 heterocycles. The van der Waals surface area contributed by atoms with Crippen LogP contribution in [0.1, 0.15) is 36.4 Å². The van der Waals surface area contributed by atoms with Crippen molar-refractivity contribution in [3.8, 4) is 5.75 Å². The number of hydrazine groups is 1. The van der Waals surface area contributed by atoms with Crippen molar-refractivity contribution >= 4 is 17.3 Å². The smallest absolute Gasteiger partial charge is 0.227 e. The molecule has 26 heavy (non-hydrogen) atoms. The standard InChI is InChI=1S/C20H24N4O2/c1-13-11-16(25)8-9-17(13)21-19-12-18(22-23-19)14-4-6-15(7-5-14)24-10-2-3-20(24)26/h4-9,11,18-19,21-23,25H,2-3,10,12H2,1H3. The topological polar surface area (TPSA) is 76.6 Å². The molecular formula is C20H24N4O2. The number of rotatable bonds is 4. The summed E-state index contributed by atoms with van der Waals surface area (Å²) in [5.74, 6) is 0.493. The summed E-state index contributed by atoms with van der Waals surface area (Å²) in [6, 6.07) is 13.8. The van der Waals surface area contributed by atoms with Crippen LogP contribution in [0.2, 0.25) is 0 Å². The highest BCUT2D eigenvalue weighted by molar-refractivity contribution is 5.95. The summed E-state index contributed by atoms with van der Waals surface area (Å²) in [6.07, 6.45) is 2.59. The molecule has 0 saturated carbocycles. The minimum atomic E-state index is 0.100. The van der Waals surface area contributed by atoms with Gasteiger partial charge in [0.2, 0.25) is 5.91 Å². The van der Waals surface area contributed by atoms with Crippen molar-refractivity contribution in [2.45, 2.75) is 38.4 Å². The first-order chi connectivity index (χ1) is 12.6. The van der Waals surface area contributed by atoms with E-state index in [2.05, 4.69) is 28.3 Å². The molecule has 1 amide bonds. The largest absolute Gasteiger partial charge is 0.508 e. The van der Waals surface area contributed by atoms with Gasteiger partial charge in [0.25, 0.3) is 0 Å². The molecule has 136 valence electrons. The van der Waals surface area contributed by atoms with Crippen LogP contribution in [-0.4, -0.2) is 23.7 Å². The highest BCUT2D eigenvalue weighted by Gasteiger charge is 2.26. The molecule has 6 nitrogen and oxygen atoms in total. The van der Waals surface area contributed by atoms with Crippen LogP contribution in [0.3, 0.4) is 0 Å². The molecule has 2 aromatic rings. The molecule has 4 rings (SSSR count). The number of carbonyl (C=O) groups is 1. The zero-order chi connectivity index (χ0) is 18.1. The number of phenols is 1. The third kappa shape index (κ3) is 3.38. The Hall–Kier alpha value is -2.57. The number of hydrogen-bond acceptors (Lipinski definition) is 5. The van der Waals surface area contributed by atoms with Crippen molar-refractivity contribution in [1.29, 1.82) is 0 Å². The Morgan fingerprint density at radius 3 is 2.65 bits per heavy atom. The fourth-order valence-corrected chi connectivity index (χ4v) is 3.67. The molecule has 6 heteroatoms. The number of aromatic hydroxyl groups is 1. The monoisotopic (exact) mass is 352 g/mol. The number of benzene rings is 2. The van der Waals surface area contributed by atoms with Crippen LogP contribution in [0.25, 0.3) is 0 Å². The van der Waals surface area contributed by atoms with Crippen LogP contribution in [0, 0.1) is 6.92 Å². The second-order valence-electron chi connectivity index (χ2n) is 7.01. The van der Waals surface area contributed by atoms with Crippen LogP contribution in [0.4, 0.5) is 11.4 Å². The van der Waals surface area contributed by atoms with Gasteiger partial charge in [0.05, 0.1) is 6.17 Å². The normalized spacial score (nSPS) is 22.8. The van der Waals surface area contributed by atoms with E-state index in [4.69, 9.17) is 0 Å². The number of nitrogens with zero attached hydrogens (tertiary/aromatic N) is 1. The number of amides is 1. The Morgan fingerprint density at radius 1 is 1.15 bits per heavy atom. The Balaban J connectivity index is 1.39. The second kappa shape index (κ2) is 6.97. The first-order valence-corrected chi connectivity index (χ1v) is 9.08.